The second-order valence-corrected chi connectivity index (χ2v) is 6.36. The maximum Gasteiger partial charge on any atom is 0.119 e. The summed E-state index contributed by atoms with van der Waals surface area (Å²) >= 11 is 0. The molecule has 0 bridgehead atoms. The van der Waals surface area contributed by atoms with Crippen molar-refractivity contribution in [1.29, 1.82) is 0 Å². The Morgan fingerprint density at radius 2 is 2.26 bits per heavy atom. The first-order valence-corrected chi connectivity index (χ1v) is 8.46. The van der Waals surface area contributed by atoms with Crippen LogP contribution in [0.4, 0.5) is 5.69 Å². The van der Waals surface area contributed by atoms with Crippen molar-refractivity contribution in [3.05, 3.63) is 66.0 Å². The zero-order valence-electron chi connectivity index (χ0n) is 13.4. The molecule has 1 aliphatic carbocycles. The fourth-order valence-electron chi connectivity index (χ4n) is 3.77. The van der Waals surface area contributed by atoms with E-state index in [2.05, 4.69) is 53.6 Å². The standard InChI is InChI=1S/C20H22N2O/c1-2-11-23-15-8-9-19-18(12-15)16-6-3-7-17(16)20(22-19)14-5-4-10-21-13-14/h3-6,8-10,12-13,16-17,20,22H,2,7,11H2,1H3. The van der Waals surface area contributed by atoms with Gasteiger partial charge in [0.05, 0.1) is 12.6 Å². The van der Waals surface area contributed by atoms with Crippen LogP contribution in [0.3, 0.4) is 0 Å². The molecule has 0 radical (unpaired) electrons. The number of rotatable bonds is 4. The van der Waals surface area contributed by atoms with Crippen molar-refractivity contribution >= 4 is 5.69 Å². The summed E-state index contributed by atoms with van der Waals surface area (Å²) in [5.74, 6) is 1.99. The monoisotopic (exact) mass is 306 g/mol. The van der Waals surface area contributed by atoms with E-state index in [0.29, 0.717) is 17.9 Å². The summed E-state index contributed by atoms with van der Waals surface area (Å²) in [7, 11) is 0. The van der Waals surface area contributed by atoms with Crippen LogP contribution < -0.4 is 10.1 Å². The summed E-state index contributed by atoms with van der Waals surface area (Å²) in [5, 5.41) is 3.73. The zero-order valence-corrected chi connectivity index (χ0v) is 13.4. The van der Waals surface area contributed by atoms with Crippen molar-refractivity contribution < 1.29 is 4.74 Å². The Labute approximate surface area is 137 Å². The van der Waals surface area contributed by atoms with Gasteiger partial charge in [0, 0.05) is 24.0 Å². The average Bonchev–Trinajstić information content (AvgIpc) is 3.10. The maximum atomic E-state index is 5.82. The van der Waals surface area contributed by atoms with Gasteiger partial charge < -0.3 is 10.1 Å². The van der Waals surface area contributed by atoms with Crippen LogP contribution in [-0.4, -0.2) is 11.6 Å². The van der Waals surface area contributed by atoms with Gasteiger partial charge in [-0.2, -0.15) is 0 Å². The van der Waals surface area contributed by atoms with Gasteiger partial charge in [0.15, 0.2) is 0 Å². The molecule has 3 unspecified atom stereocenters. The minimum Gasteiger partial charge on any atom is -0.494 e. The predicted octanol–water partition coefficient (Wildman–Crippen LogP) is 4.70. The molecule has 1 N–H and O–H groups in total. The summed E-state index contributed by atoms with van der Waals surface area (Å²) in [6.45, 7) is 2.91. The van der Waals surface area contributed by atoms with E-state index in [0.717, 1.165) is 25.2 Å². The van der Waals surface area contributed by atoms with E-state index in [1.165, 1.54) is 16.8 Å². The van der Waals surface area contributed by atoms with E-state index in [1.807, 2.05) is 18.5 Å². The highest BCUT2D eigenvalue weighted by molar-refractivity contribution is 5.61. The summed E-state index contributed by atoms with van der Waals surface area (Å²) in [5.41, 5.74) is 3.84. The summed E-state index contributed by atoms with van der Waals surface area (Å²) in [6, 6.07) is 11.0. The molecular formula is C20H22N2O. The number of nitrogens with one attached hydrogen (secondary N) is 1. The largest absolute Gasteiger partial charge is 0.494 e. The molecule has 3 heteroatoms. The molecule has 2 aliphatic rings. The highest BCUT2D eigenvalue weighted by Gasteiger charge is 2.38. The minimum atomic E-state index is 0.318. The number of hydrogen-bond acceptors (Lipinski definition) is 3. The smallest absolute Gasteiger partial charge is 0.119 e. The van der Waals surface area contributed by atoms with Crippen LogP contribution >= 0.6 is 0 Å². The van der Waals surface area contributed by atoms with Crippen LogP contribution in [0.15, 0.2) is 54.9 Å². The number of aromatic nitrogens is 1. The molecule has 118 valence electrons. The zero-order chi connectivity index (χ0) is 15.6. The molecule has 0 saturated carbocycles. The van der Waals surface area contributed by atoms with Gasteiger partial charge in [-0.15, -0.1) is 0 Å². The van der Waals surface area contributed by atoms with Crippen LogP contribution in [-0.2, 0) is 0 Å². The first kappa shape index (κ1) is 14.3. The third-order valence-electron chi connectivity index (χ3n) is 4.85. The van der Waals surface area contributed by atoms with Crippen molar-refractivity contribution in [2.24, 2.45) is 5.92 Å². The minimum absolute atomic E-state index is 0.318. The van der Waals surface area contributed by atoms with Crippen molar-refractivity contribution in [2.75, 3.05) is 11.9 Å². The number of nitrogens with zero attached hydrogens (tertiary/aromatic N) is 1. The number of fused-ring (bicyclic) bond motifs is 3. The Kier molecular flexibility index (Phi) is 3.78. The SMILES string of the molecule is CCCOc1ccc2c(c1)C1C=CCC1C(c1cccnc1)N2. The van der Waals surface area contributed by atoms with Crippen LogP contribution in [0.2, 0.25) is 0 Å². The molecule has 23 heavy (non-hydrogen) atoms. The molecule has 1 aromatic heterocycles. The highest BCUT2D eigenvalue weighted by Crippen LogP contribution is 2.50. The molecule has 2 aromatic rings. The molecule has 3 nitrogen and oxygen atoms in total. The van der Waals surface area contributed by atoms with Crippen molar-refractivity contribution in [1.82, 2.24) is 4.98 Å². The van der Waals surface area contributed by atoms with Gasteiger partial charge in [0.2, 0.25) is 0 Å². The number of pyridine rings is 1. The molecular weight excluding hydrogens is 284 g/mol. The fourth-order valence-corrected chi connectivity index (χ4v) is 3.77. The average molecular weight is 306 g/mol. The number of allylic oxidation sites excluding steroid dienone is 2. The van der Waals surface area contributed by atoms with Crippen LogP contribution in [0.1, 0.15) is 42.9 Å². The second-order valence-electron chi connectivity index (χ2n) is 6.36. The molecule has 2 heterocycles. The van der Waals surface area contributed by atoms with Gasteiger partial charge in [0.1, 0.15) is 5.75 Å². The van der Waals surface area contributed by atoms with Crippen molar-refractivity contribution in [3.63, 3.8) is 0 Å². The normalized spacial score (nSPS) is 24.7. The third-order valence-corrected chi connectivity index (χ3v) is 4.85. The third kappa shape index (κ3) is 2.61. The lowest BCUT2D eigenvalue weighted by Crippen LogP contribution is -2.29. The molecule has 1 aliphatic heterocycles. The van der Waals surface area contributed by atoms with Crippen LogP contribution in [0, 0.1) is 5.92 Å². The first-order chi connectivity index (χ1) is 11.4. The van der Waals surface area contributed by atoms with E-state index < -0.39 is 0 Å². The van der Waals surface area contributed by atoms with Gasteiger partial charge in [-0.05, 0) is 54.2 Å². The Bertz CT molecular complexity index is 711. The Morgan fingerprint density at radius 3 is 3.09 bits per heavy atom. The van der Waals surface area contributed by atoms with Crippen LogP contribution in [0.5, 0.6) is 5.75 Å². The Hall–Kier alpha value is -2.29. The number of benzene rings is 1. The maximum absolute atomic E-state index is 5.82. The van der Waals surface area contributed by atoms with Crippen molar-refractivity contribution in [2.45, 2.75) is 31.7 Å². The first-order valence-electron chi connectivity index (χ1n) is 8.46. The van der Waals surface area contributed by atoms with E-state index >= 15 is 0 Å². The van der Waals surface area contributed by atoms with Gasteiger partial charge >= 0.3 is 0 Å². The van der Waals surface area contributed by atoms with Crippen LogP contribution in [0.25, 0.3) is 0 Å². The van der Waals surface area contributed by atoms with Gasteiger partial charge in [-0.1, -0.05) is 25.1 Å². The van der Waals surface area contributed by atoms with Gasteiger partial charge in [0.25, 0.3) is 0 Å². The topological polar surface area (TPSA) is 34.1 Å². The lowest BCUT2D eigenvalue weighted by atomic mass is 9.77. The predicted molar refractivity (Wildman–Crippen MR) is 92.8 cm³/mol. The molecule has 0 amide bonds. The van der Waals surface area contributed by atoms with E-state index in [9.17, 15) is 0 Å². The van der Waals surface area contributed by atoms with E-state index in [-0.39, 0.29) is 0 Å². The molecule has 3 atom stereocenters. The quantitative estimate of drug-likeness (QED) is 0.832. The van der Waals surface area contributed by atoms with Gasteiger partial charge in [-0.3, -0.25) is 4.98 Å². The van der Waals surface area contributed by atoms with E-state index in [4.69, 9.17) is 4.74 Å². The highest BCUT2D eigenvalue weighted by atomic mass is 16.5. The van der Waals surface area contributed by atoms with Crippen molar-refractivity contribution in [3.8, 4) is 5.75 Å². The lowest BCUT2D eigenvalue weighted by Gasteiger charge is -2.37. The molecule has 0 saturated heterocycles. The molecule has 0 spiro atoms. The lowest BCUT2D eigenvalue weighted by molar-refractivity contribution is 0.316. The molecule has 0 fully saturated rings. The van der Waals surface area contributed by atoms with Gasteiger partial charge in [-0.25, -0.2) is 0 Å². The Morgan fingerprint density at radius 1 is 1.30 bits per heavy atom. The molecule has 1 aromatic carbocycles. The summed E-state index contributed by atoms with van der Waals surface area (Å²) < 4.78 is 5.82. The Balaban J connectivity index is 1.69. The number of ether oxygens (including phenoxy) is 1. The molecule has 4 rings (SSSR count). The summed E-state index contributed by atoms with van der Waals surface area (Å²) in [6.07, 6.45) is 10.6. The number of anilines is 1. The fraction of sp³-hybridized carbons (Fsp3) is 0.350. The van der Waals surface area contributed by atoms with E-state index in [1.54, 1.807) is 0 Å². The number of hydrogen-bond donors (Lipinski definition) is 1. The second kappa shape index (κ2) is 6.07. The summed E-state index contributed by atoms with van der Waals surface area (Å²) in [4.78, 5) is 4.30.